The zero-order chi connectivity index (χ0) is 21.6. The minimum Gasteiger partial charge on any atom is -0.493 e. The number of fused-ring (bicyclic) bond motifs is 1. The molecule has 0 aliphatic rings. The summed E-state index contributed by atoms with van der Waals surface area (Å²) in [6.07, 6.45) is 1.70. The van der Waals surface area contributed by atoms with Crippen molar-refractivity contribution in [1.29, 1.82) is 0 Å². The van der Waals surface area contributed by atoms with E-state index in [0.29, 0.717) is 35.1 Å². The van der Waals surface area contributed by atoms with Gasteiger partial charge in [0.1, 0.15) is 6.61 Å². The van der Waals surface area contributed by atoms with Crippen molar-refractivity contribution < 1.29 is 19.0 Å². The minimum absolute atomic E-state index is 0.302. The van der Waals surface area contributed by atoms with Gasteiger partial charge in [-0.25, -0.2) is 0 Å². The van der Waals surface area contributed by atoms with Crippen LogP contribution in [0.3, 0.4) is 0 Å². The molecule has 0 unspecified atom stereocenters. The van der Waals surface area contributed by atoms with Gasteiger partial charge < -0.3 is 19.5 Å². The Hall–Kier alpha value is -4.06. The molecule has 1 aromatic heterocycles. The second kappa shape index (κ2) is 9.17. The van der Waals surface area contributed by atoms with Crippen LogP contribution in [0.2, 0.25) is 0 Å². The monoisotopic (exact) mass is 414 g/mol. The molecule has 0 bridgehead atoms. The summed E-state index contributed by atoms with van der Waals surface area (Å²) in [7, 11) is 3.06. The number of ether oxygens (including phenoxy) is 3. The molecule has 4 aromatic rings. The third-order valence-electron chi connectivity index (χ3n) is 4.83. The lowest BCUT2D eigenvalue weighted by Gasteiger charge is -2.16. The highest BCUT2D eigenvalue weighted by molar-refractivity contribution is 6.08. The van der Waals surface area contributed by atoms with E-state index in [2.05, 4.69) is 10.3 Å². The summed E-state index contributed by atoms with van der Waals surface area (Å²) in [4.78, 5) is 17.4. The molecule has 0 aliphatic heterocycles. The van der Waals surface area contributed by atoms with Crippen molar-refractivity contribution in [2.75, 3.05) is 19.5 Å². The Morgan fingerprint density at radius 2 is 1.61 bits per heavy atom. The minimum atomic E-state index is -0.302. The van der Waals surface area contributed by atoms with Crippen molar-refractivity contribution in [3.05, 3.63) is 90.1 Å². The van der Waals surface area contributed by atoms with Crippen LogP contribution in [0.15, 0.2) is 79.0 Å². The van der Waals surface area contributed by atoms with Crippen molar-refractivity contribution in [2.24, 2.45) is 0 Å². The SMILES string of the molecule is COc1cc(C(=O)Nc2cccc3cccnc23)cc(OC)c1OCc1ccccc1. The molecule has 0 radical (unpaired) electrons. The van der Waals surface area contributed by atoms with Gasteiger partial charge in [-0.1, -0.05) is 48.5 Å². The number of aromatic nitrogens is 1. The van der Waals surface area contributed by atoms with Crippen molar-refractivity contribution >= 4 is 22.5 Å². The summed E-state index contributed by atoms with van der Waals surface area (Å²) >= 11 is 0. The number of rotatable bonds is 7. The van der Waals surface area contributed by atoms with E-state index < -0.39 is 0 Å². The van der Waals surface area contributed by atoms with E-state index in [-0.39, 0.29) is 5.91 Å². The number of benzene rings is 3. The van der Waals surface area contributed by atoms with Crippen LogP contribution < -0.4 is 19.5 Å². The van der Waals surface area contributed by atoms with Crippen LogP contribution in [0.1, 0.15) is 15.9 Å². The molecule has 1 heterocycles. The Balaban J connectivity index is 1.61. The molecule has 0 saturated carbocycles. The fourth-order valence-electron chi connectivity index (χ4n) is 3.28. The molecule has 4 rings (SSSR count). The van der Waals surface area contributed by atoms with Crippen LogP contribution >= 0.6 is 0 Å². The molecule has 0 saturated heterocycles. The lowest BCUT2D eigenvalue weighted by Crippen LogP contribution is -2.13. The van der Waals surface area contributed by atoms with Gasteiger partial charge in [-0.3, -0.25) is 9.78 Å². The Labute approximate surface area is 180 Å². The third-order valence-corrected chi connectivity index (χ3v) is 4.83. The van der Waals surface area contributed by atoms with Crippen LogP contribution in [0.25, 0.3) is 10.9 Å². The number of nitrogens with one attached hydrogen (secondary N) is 1. The normalized spacial score (nSPS) is 10.5. The molecule has 3 aromatic carbocycles. The number of pyridine rings is 1. The first-order valence-electron chi connectivity index (χ1n) is 9.77. The van der Waals surface area contributed by atoms with E-state index in [4.69, 9.17) is 14.2 Å². The predicted octanol–water partition coefficient (Wildman–Crippen LogP) is 5.08. The number of amides is 1. The Morgan fingerprint density at radius 1 is 0.903 bits per heavy atom. The van der Waals surface area contributed by atoms with E-state index in [1.165, 1.54) is 14.2 Å². The number of hydrogen-bond donors (Lipinski definition) is 1. The fourth-order valence-corrected chi connectivity index (χ4v) is 3.28. The maximum atomic E-state index is 13.0. The van der Waals surface area contributed by atoms with Crippen molar-refractivity contribution in [3.8, 4) is 17.2 Å². The molecule has 0 spiro atoms. The first-order chi connectivity index (χ1) is 15.2. The van der Waals surface area contributed by atoms with Crippen LogP contribution in [-0.2, 0) is 6.61 Å². The number of para-hydroxylation sites is 1. The smallest absolute Gasteiger partial charge is 0.256 e. The third kappa shape index (κ3) is 4.43. The zero-order valence-corrected chi connectivity index (χ0v) is 17.3. The van der Waals surface area contributed by atoms with E-state index >= 15 is 0 Å². The molecule has 6 heteroatoms. The van der Waals surface area contributed by atoms with Gasteiger partial charge in [0.2, 0.25) is 5.75 Å². The lowest BCUT2D eigenvalue weighted by atomic mass is 10.1. The number of carbonyl (C=O) groups excluding carboxylic acids is 1. The lowest BCUT2D eigenvalue weighted by molar-refractivity contribution is 0.102. The first kappa shape index (κ1) is 20.2. The molecule has 1 amide bonds. The molecule has 0 aliphatic carbocycles. The molecule has 6 nitrogen and oxygen atoms in total. The summed E-state index contributed by atoms with van der Waals surface area (Å²) in [5.41, 5.74) is 2.75. The Morgan fingerprint density at radius 3 is 2.32 bits per heavy atom. The predicted molar refractivity (Wildman–Crippen MR) is 120 cm³/mol. The first-order valence-corrected chi connectivity index (χ1v) is 9.77. The largest absolute Gasteiger partial charge is 0.493 e. The maximum Gasteiger partial charge on any atom is 0.256 e. The average molecular weight is 414 g/mol. The van der Waals surface area contributed by atoms with Gasteiger partial charge in [0.25, 0.3) is 5.91 Å². The van der Waals surface area contributed by atoms with Crippen LogP contribution in [0, 0.1) is 0 Å². The highest BCUT2D eigenvalue weighted by atomic mass is 16.5. The van der Waals surface area contributed by atoms with Gasteiger partial charge in [-0.2, -0.15) is 0 Å². The van der Waals surface area contributed by atoms with E-state index in [0.717, 1.165) is 16.5 Å². The molecule has 1 N–H and O–H groups in total. The molecule has 31 heavy (non-hydrogen) atoms. The molecule has 156 valence electrons. The van der Waals surface area contributed by atoms with Gasteiger partial charge in [0.05, 0.1) is 25.4 Å². The summed E-state index contributed by atoms with van der Waals surface area (Å²) in [6.45, 7) is 0.348. The van der Waals surface area contributed by atoms with Crippen LogP contribution in [0.5, 0.6) is 17.2 Å². The van der Waals surface area contributed by atoms with Crippen LogP contribution in [0.4, 0.5) is 5.69 Å². The highest BCUT2D eigenvalue weighted by Crippen LogP contribution is 2.39. The van der Waals surface area contributed by atoms with Crippen molar-refractivity contribution in [1.82, 2.24) is 4.98 Å². The summed E-state index contributed by atoms with van der Waals surface area (Å²) in [5.74, 6) is 0.967. The molecular weight excluding hydrogens is 392 g/mol. The van der Waals surface area contributed by atoms with Gasteiger partial charge in [-0.05, 0) is 29.8 Å². The topological polar surface area (TPSA) is 69.7 Å². The number of anilines is 1. The summed E-state index contributed by atoms with van der Waals surface area (Å²) in [5, 5.41) is 3.87. The zero-order valence-electron chi connectivity index (χ0n) is 17.3. The van der Waals surface area contributed by atoms with E-state index in [1.807, 2.05) is 60.7 Å². The average Bonchev–Trinajstić information content (AvgIpc) is 2.83. The van der Waals surface area contributed by atoms with Gasteiger partial charge in [0.15, 0.2) is 11.5 Å². The van der Waals surface area contributed by atoms with Gasteiger partial charge >= 0.3 is 0 Å². The quantitative estimate of drug-likeness (QED) is 0.457. The maximum absolute atomic E-state index is 13.0. The number of carbonyl (C=O) groups is 1. The highest BCUT2D eigenvalue weighted by Gasteiger charge is 2.18. The fraction of sp³-hybridized carbons (Fsp3) is 0.120. The van der Waals surface area contributed by atoms with Crippen LogP contribution in [-0.4, -0.2) is 25.1 Å². The van der Waals surface area contributed by atoms with E-state index in [9.17, 15) is 4.79 Å². The summed E-state index contributed by atoms with van der Waals surface area (Å²) < 4.78 is 16.9. The number of hydrogen-bond acceptors (Lipinski definition) is 5. The van der Waals surface area contributed by atoms with Gasteiger partial charge in [0, 0.05) is 17.1 Å². The molecule has 0 atom stereocenters. The second-order valence-corrected chi connectivity index (χ2v) is 6.82. The van der Waals surface area contributed by atoms with Gasteiger partial charge in [-0.15, -0.1) is 0 Å². The number of methoxy groups -OCH3 is 2. The number of nitrogens with zero attached hydrogens (tertiary/aromatic N) is 1. The summed E-state index contributed by atoms with van der Waals surface area (Å²) in [6, 6.07) is 22.5. The van der Waals surface area contributed by atoms with Crippen molar-refractivity contribution in [2.45, 2.75) is 6.61 Å². The standard InChI is InChI=1S/C25H22N2O4/c1-29-21-14-19(15-22(30-2)24(21)31-16-17-8-4-3-5-9-17)25(28)27-20-12-6-10-18-11-7-13-26-23(18)20/h3-15H,16H2,1-2H3,(H,27,28). The Kier molecular flexibility index (Phi) is 5.98. The Bertz CT molecular complexity index is 1180. The molecule has 0 fully saturated rings. The van der Waals surface area contributed by atoms with Crippen molar-refractivity contribution in [3.63, 3.8) is 0 Å². The molecular formula is C25H22N2O4. The second-order valence-electron chi connectivity index (χ2n) is 6.82. The van der Waals surface area contributed by atoms with E-state index in [1.54, 1.807) is 18.3 Å².